The molecule has 0 radical (unpaired) electrons. The van der Waals surface area contributed by atoms with Crippen molar-refractivity contribution >= 4 is 0 Å². The first-order chi connectivity index (χ1) is 11.0. The Labute approximate surface area is 137 Å². The molecule has 1 aromatic carbocycles. The Kier molecular flexibility index (Phi) is 4.90. The van der Waals surface area contributed by atoms with Crippen LogP contribution in [-0.4, -0.2) is 43.1 Å². The van der Waals surface area contributed by atoms with E-state index in [1.807, 2.05) is 0 Å². The normalized spacial score (nSPS) is 30.2. The van der Waals surface area contributed by atoms with Crippen molar-refractivity contribution in [1.82, 2.24) is 5.32 Å². The zero-order valence-electron chi connectivity index (χ0n) is 13.8. The van der Waals surface area contributed by atoms with E-state index < -0.39 is 6.10 Å². The lowest BCUT2D eigenvalue weighted by molar-refractivity contribution is -0.193. The van der Waals surface area contributed by atoms with Crippen LogP contribution in [0.1, 0.15) is 26.7 Å². The zero-order valence-corrected chi connectivity index (χ0v) is 13.8. The average Bonchev–Trinajstić information content (AvgIpc) is 2.54. The molecule has 1 heterocycles. The van der Waals surface area contributed by atoms with E-state index in [9.17, 15) is 9.50 Å². The summed E-state index contributed by atoms with van der Waals surface area (Å²) < 4.78 is 24.2. The molecule has 1 saturated heterocycles. The lowest BCUT2D eigenvalue weighted by atomic mass is 9.55. The van der Waals surface area contributed by atoms with Crippen LogP contribution in [-0.2, 0) is 4.74 Å². The maximum Gasteiger partial charge on any atom is 0.123 e. The topological polar surface area (TPSA) is 50.7 Å². The van der Waals surface area contributed by atoms with Crippen molar-refractivity contribution < 1.29 is 19.0 Å². The standard InChI is InChI=1S/C18H26FNO3/c1-18(2)16(15-4-3-9-22-17(15)18)20-10-13(21)11-23-14-7-5-12(19)6-8-14/h5-8,13,15-17,20-21H,3-4,9-11H2,1-2H3/t13-,15+,16+,17-/m0/s1. The molecule has 0 amide bonds. The van der Waals surface area contributed by atoms with Gasteiger partial charge in [0.25, 0.3) is 0 Å². The predicted molar refractivity (Wildman–Crippen MR) is 85.9 cm³/mol. The van der Waals surface area contributed by atoms with Crippen LogP contribution in [0.5, 0.6) is 5.75 Å². The SMILES string of the molecule is CC1(C)[C@H](NC[C@H](O)COc2ccc(F)cc2)[C@H]2CCCO[C@@H]21. The van der Waals surface area contributed by atoms with E-state index in [1.165, 1.54) is 18.6 Å². The summed E-state index contributed by atoms with van der Waals surface area (Å²) in [6.45, 7) is 5.98. The number of nitrogens with one attached hydrogen (secondary N) is 1. The van der Waals surface area contributed by atoms with Gasteiger partial charge in [0.15, 0.2) is 0 Å². The van der Waals surface area contributed by atoms with Gasteiger partial charge in [-0.1, -0.05) is 13.8 Å². The van der Waals surface area contributed by atoms with Gasteiger partial charge in [0.1, 0.15) is 24.3 Å². The molecule has 3 rings (SSSR count). The van der Waals surface area contributed by atoms with E-state index in [0.717, 1.165) is 13.0 Å². The molecule has 0 bridgehead atoms. The number of halogens is 1. The van der Waals surface area contributed by atoms with Gasteiger partial charge in [0.2, 0.25) is 0 Å². The molecule has 1 saturated carbocycles. The fourth-order valence-corrected chi connectivity index (χ4v) is 3.98. The third kappa shape index (κ3) is 3.52. The van der Waals surface area contributed by atoms with E-state index in [4.69, 9.17) is 9.47 Å². The molecule has 23 heavy (non-hydrogen) atoms. The van der Waals surface area contributed by atoms with Crippen molar-refractivity contribution in [2.45, 2.75) is 44.9 Å². The van der Waals surface area contributed by atoms with E-state index in [1.54, 1.807) is 12.1 Å². The Balaban J connectivity index is 1.43. The Morgan fingerprint density at radius 2 is 2.13 bits per heavy atom. The summed E-state index contributed by atoms with van der Waals surface area (Å²) in [4.78, 5) is 0. The lowest BCUT2D eigenvalue weighted by Crippen LogP contribution is -2.69. The van der Waals surface area contributed by atoms with Crippen molar-refractivity contribution in [3.8, 4) is 5.75 Å². The zero-order chi connectivity index (χ0) is 16.4. The lowest BCUT2D eigenvalue weighted by Gasteiger charge is -2.60. The van der Waals surface area contributed by atoms with Gasteiger partial charge in [-0.15, -0.1) is 0 Å². The van der Waals surface area contributed by atoms with Gasteiger partial charge in [-0.3, -0.25) is 0 Å². The maximum absolute atomic E-state index is 12.8. The highest BCUT2D eigenvalue weighted by Crippen LogP contribution is 2.51. The van der Waals surface area contributed by atoms with Gasteiger partial charge in [0, 0.05) is 30.5 Å². The van der Waals surface area contributed by atoms with Crippen LogP contribution in [0.3, 0.4) is 0 Å². The molecule has 128 valence electrons. The minimum absolute atomic E-state index is 0.0998. The summed E-state index contributed by atoms with van der Waals surface area (Å²) >= 11 is 0. The van der Waals surface area contributed by atoms with Crippen LogP contribution in [0.2, 0.25) is 0 Å². The van der Waals surface area contributed by atoms with E-state index in [2.05, 4.69) is 19.2 Å². The first kappa shape index (κ1) is 16.7. The van der Waals surface area contributed by atoms with Crippen molar-refractivity contribution in [2.75, 3.05) is 19.8 Å². The second kappa shape index (κ2) is 6.75. The van der Waals surface area contributed by atoms with Crippen LogP contribution >= 0.6 is 0 Å². The second-order valence-corrected chi connectivity index (χ2v) is 7.22. The molecule has 4 nitrogen and oxygen atoms in total. The Morgan fingerprint density at radius 3 is 2.87 bits per heavy atom. The smallest absolute Gasteiger partial charge is 0.123 e. The molecular weight excluding hydrogens is 297 g/mol. The van der Waals surface area contributed by atoms with E-state index in [-0.39, 0.29) is 17.8 Å². The Bertz CT molecular complexity index is 520. The number of fused-ring (bicyclic) bond motifs is 1. The van der Waals surface area contributed by atoms with Crippen LogP contribution in [0, 0.1) is 17.2 Å². The van der Waals surface area contributed by atoms with Gasteiger partial charge in [-0.05, 0) is 37.1 Å². The molecule has 2 fully saturated rings. The number of hydrogen-bond acceptors (Lipinski definition) is 4. The highest BCUT2D eigenvalue weighted by molar-refractivity contribution is 5.22. The van der Waals surface area contributed by atoms with Gasteiger partial charge >= 0.3 is 0 Å². The van der Waals surface area contributed by atoms with Crippen molar-refractivity contribution in [1.29, 1.82) is 0 Å². The molecule has 0 unspecified atom stereocenters. The summed E-state index contributed by atoms with van der Waals surface area (Å²) in [5, 5.41) is 13.6. The van der Waals surface area contributed by atoms with Gasteiger partial charge < -0.3 is 19.9 Å². The molecule has 0 aromatic heterocycles. The highest BCUT2D eigenvalue weighted by atomic mass is 19.1. The summed E-state index contributed by atoms with van der Waals surface area (Å²) in [6, 6.07) is 6.19. The fourth-order valence-electron chi connectivity index (χ4n) is 3.98. The van der Waals surface area contributed by atoms with E-state index >= 15 is 0 Å². The molecule has 0 spiro atoms. The number of hydrogen-bond donors (Lipinski definition) is 2. The van der Waals surface area contributed by atoms with Crippen LogP contribution in [0.4, 0.5) is 4.39 Å². The summed E-state index contributed by atoms with van der Waals surface area (Å²) in [5.74, 6) is 0.815. The first-order valence-electron chi connectivity index (χ1n) is 8.40. The second-order valence-electron chi connectivity index (χ2n) is 7.22. The molecule has 1 aliphatic heterocycles. The van der Waals surface area contributed by atoms with Crippen LogP contribution < -0.4 is 10.1 Å². The van der Waals surface area contributed by atoms with Gasteiger partial charge in [0.05, 0.1) is 6.10 Å². The average molecular weight is 323 g/mol. The molecular formula is C18H26FNO3. The van der Waals surface area contributed by atoms with Crippen LogP contribution in [0.25, 0.3) is 0 Å². The van der Waals surface area contributed by atoms with Crippen molar-refractivity contribution in [3.05, 3.63) is 30.1 Å². The predicted octanol–water partition coefficient (Wildman–Crippen LogP) is 2.36. The summed E-state index contributed by atoms with van der Waals surface area (Å²) in [5.41, 5.74) is 0.0998. The number of rotatable bonds is 6. The highest BCUT2D eigenvalue weighted by Gasteiger charge is 2.57. The van der Waals surface area contributed by atoms with E-state index in [0.29, 0.717) is 30.4 Å². The third-order valence-corrected chi connectivity index (χ3v) is 5.16. The molecule has 5 heteroatoms. The molecule has 2 N–H and O–H groups in total. The van der Waals surface area contributed by atoms with Crippen molar-refractivity contribution in [2.24, 2.45) is 11.3 Å². The van der Waals surface area contributed by atoms with Gasteiger partial charge in [-0.2, -0.15) is 0 Å². The fraction of sp³-hybridized carbons (Fsp3) is 0.667. The molecule has 1 aliphatic carbocycles. The minimum Gasteiger partial charge on any atom is -0.491 e. The number of aliphatic hydroxyl groups excluding tert-OH is 1. The number of aliphatic hydroxyl groups is 1. The first-order valence-corrected chi connectivity index (χ1v) is 8.40. The number of benzene rings is 1. The molecule has 2 aliphatic rings. The molecule has 1 aromatic rings. The third-order valence-electron chi connectivity index (χ3n) is 5.16. The Morgan fingerprint density at radius 1 is 1.39 bits per heavy atom. The largest absolute Gasteiger partial charge is 0.491 e. The quantitative estimate of drug-likeness (QED) is 0.844. The monoisotopic (exact) mass is 323 g/mol. The van der Waals surface area contributed by atoms with Crippen molar-refractivity contribution in [3.63, 3.8) is 0 Å². The van der Waals surface area contributed by atoms with Crippen LogP contribution in [0.15, 0.2) is 24.3 Å². The van der Waals surface area contributed by atoms with Gasteiger partial charge in [-0.25, -0.2) is 4.39 Å². The minimum atomic E-state index is -0.598. The molecule has 4 atom stereocenters. The number of ether oxygens (including phenoxy) is 2. The summed E-state index contributed by atoms with van der Waals surface area (Å²) in [7, 11) is 0. The summed E-state index contributed by atoms with van der Waals surface area (Å²) in [6.07, 6.45) is 2.04. The maximum atomic E-state index is 12.8. The Hall–Kier alpha value is -1.17.